The zero-order chi connectivity index (χ0) is 13.6. The first-order valence-electron chi connectivity index (χ1n) is 5.73. The molecule has 1 amide bonds. The van der Waals surface area contributed by atoms with Crippen LogP contribution in [0, 0.1) is 0 Å². The molecule has 3 aliphatic heterocycles. The minimum Gasteiger partial charge on any atom is -0.394 e. The lowest BCUT2D eigenvalue weighted by Gasteiger charge is -2.16. The second kappa shape index (κ2) is 4.46. The maximum atomic E-state index is 11.5. The summed E-state index contributed by atoms with van der Waals surface area (Å²) in [7, 11) is 0. The van der Waals surface area contributed by atoms with E-state index in [1.807, 2.05) is 0 Å². The second-order valence-corrected chi connectivity index (χ2v) is 4.42. The molecule has 102 valence electrons. The van der Waals surface area contributed by atoms with Gasteiger partial charge in [0.2, 0.25) is 0 Å². The van der Waals surface area contributed by atoms with Crippen molar-refractivity contribution in [3.63, 3.8) is 0 Å². The van der Waals surface area contributed by atoms with Crippen LogP contribution in [0.5, 0.6) is 0 Å². The van der Waals surface area contributed by atoms with Crippen molar-refractivity contribution < 1.29 is 24.9 Å². The summed E-state index contributed by atoms with van der Waals surface area (Å²) < 4.78 is 5.35. The number of nitrogens with zero attached hydrogens (tertiary/aromatic N) is 3. The topological polar surface area (TPSA) is 136 Å². The molecule has 0 aromatic heterocycles. The van der Waals surface area contributed by atoms with Gasteiger partial charge in [-0.15, -0.1) is 0 Å². The third kappa shape index (κ3) is 1.78. The van der Waals surface area contributed by atoms with Crippen molar-refractivity contribution in [2.75, 3.05) is 6.61 Å². The van der Waals surface area contributed by atoms with E-state index in [4.69, 9.17) is 9.84 Å². The third-order valence-corrected chi connectivity index (χ3v) is 3.29. The van der Waals surface area contributed by atoms with Gasteiger partial charge < -0.3 is 20.1 Å². The number of aliphatic hydroxyl groups is 3. The maximum Gasteiger partial charge on any atom is 0.277 e. The highest BCUT2D eigenvalue weighted by atomic mass is 16.6. The first kappa shape index (κ1) is 12.4. The summed E-state index contributed by atoms with van der Waals surface area (Å²) in [5.74, 6) is -0.435. The van der Waals surface area contributed by atoms with Crippen molar-refractivity contribution in [2.45, 2.75) is 30.5 Å². The number of fused-ring (bicyclic) bond motifs is 1. The number of rotatable bonds is 2. The van der Waals surface area contributed by atoms with E-state index in [0.29, 0.717) is 5.71 Å². The summed E-state index contributed by atoms with van der Waals surface area (Å²) in [4.78, 5) is 19.0. The van der Waals surface area contributed by atoms with E-state index in [9.17, 15) is 15.0 Å². The summed E-state index contributed by atoms with van der Waals surface area (Å²) in [6, 6.07) is -0.777. The maximum absolute atomic E-state index is 11.5. The molecule has 19 heavy (non-hydrogen) atoms. The highest BCUT2D eigenvalue weighted by molar-refractivity contribution is 6.52. The molecular weight excluding hydrogens is 256 g/mol. The van der Waals surface area contributed by atoms with Gasteiger partial charge in [-0.05, 0) is 0 Å². The molecule has 0 spiro atoms. The standard InChI is InChI=1S/C10H12N4O5/c15-1-3-7(16)8(17)9(19-3)5-4-6(14-13-5)10(18)12-2-11-4/h2-3,6-9,14-17H,1H2. The van der Waals surface area contributed by atoms with Crippen molar-refractivity contribution in [3.05, 3.63) is 0 Å². The molecule has 9 nitrogen and oxygen atoms in total. The molecule has 3 heterocycles. The molecule has 5 atom stereocenters. The van der Waals surface area contributed by atoms with Gasteiger partial charge in [0.25, 0.3) is 5.91 Å². The fraction of sp³-hybridized carbons (Fsp3) is 0.600. The highest BCUT2D eigenvalue weighted by Gasteiger charge is 2.49. The predicted octanol–water partition coefficient (Wildman–Crippen LogP) is -3.19. The zero-order valence-electron chi connectivity index (χ0n) is 9.67. The molecule has 3 rings (SSSR count). The number of hydrogen-bond acceptors (Lipinski definition) is 8. The van der Waals surface area contributed by atoms with E-state index in [-0.39, 0.29) is 5.71 Å². The van der Waals surface area contributed by atoms with Crippen molar-refractivity contribution in [1.29, 1.82) is 0 Å². The van der Waals surface area contributed by atoms with Crippen molar-refractivity contribution in [2.24, 2.45) is 15.1 Å². The van der Waals surface area contributed by atoms with Gasteiger partial charge in [-0.3, -0.25) is 10.2 Å². The predicted molar refractivity (Wildman–Crippen MR) is 63.1 cm³/mol. The van der Waals surface area contributed by atoms with E-state index in [1.165, 1.54) is 0 Å². The van der Waals surface area contributed by atoms with Crippen LogP contribution in [-0.4, -0.2) is 76.1 Å². The normalized spacial score (nSPS) is 40.8. The average Bonchev–Trinajstić information content (AvgIpc) is 2.94. The Kier molecular flexibility index (Phi) is 2.90. The van der Waals surface area contributed by atoms with Gasteiger partial charge in [-0.2, -0.15) is 10.1 Å². The van der Waals surface area contributed by atoms with Crippen LogP contribution in [0.2, 0.25) is 0 Å². The summed E-state index contributed by atoms with van der Waals surface area (Å²) in [6.45, 7) is -0.425. The van der Waals surface area contributed by atoms with E-state index in [0.717, 1.165) is 6.34 Å². The molecule has 0 radical (unpaired) electrons. The lowest BCUT2D eigenvalue weighted by Crippen LogP contribution is -2.44. The molecule has 1 fully saturated rings. The molecule has 9 heteroatoms. The Morgan fingerprint density at radius 3 is 2.79 bits per heavy atom. The van der Waals surface area contributed by atoms with E-state index >= 15 is 0 Å². The second-order valence-electron chi connectivity index (χ2n) is 4.42. The van der Waals surface area contributed by atoms with Gasteiger partial charge in [0.1, 0.15) is 42.2 Å². The third-order valence-electron chi connectivity index (χ3n) is 3.29. The smallest absolute Gasteiger partial charge is 0.277 e. The van der Waals surface area contributed by atoms with Crippen molar-refractivity contribution in [1.82, 2.24) is 5.43 Å². The van der Waals surface area contributed by atoms with Crippen LogP contribution >= 0.6 is 0 Å². The molecule has 0 aliphatic carbocycles. The summed E-state index contributed by atoms with van der Waals surface area (Å²) in [5, 5.41) is 32.6. The Labute approximate surface area is 107 Å². The van der Waals surface area contributed by atoms with Crippen LogP contribution in [0.3, 0.4) is 0 Å². The van der Waals surface area contributed by atoms with Gasteiger partial charge in [-0.1, -0.05) is 0 Å². The van der Waals surface area contributed by atoms with Crippen LogP contribution in [0.15, 0.2) is 15.1 Å². The number of aliphatic hydroxyl groups excluding tert-OH is 3. The Morgan fingerprint density at radius 2 is 2.11 bits per heavy atom. The molecule has 3 aliphatic rings. The lowest BCUT2D eigenvalue weighted by atomic mass is 9.98. The number of hydrazone groups is 1. The van der Waals surface area contributed by atoms with Crippen LogP contribution in [0.1, 0.15) is 0 Å². The number of carbonyl (C=O) groups is 1. The number of nitrogens with one attached hydrogen (secondary N) is 1. The summed E-state index contributed by atoms with van der Waals surface area (Å²) in [6.07, 6.45) is -3.19. The van der Waals surface area contributed by atoms with Gasteiger partial charge in [0, 0.05) is 0 Å². The number of hydrogen-bond donors (Lipinski definition) is 4. The van der Waals surface area contributed by atoms with Gasteiger partial charge in [0.15, 0.2) is 6.04 Å². The van der Waals surface area contributed by atoms with Crippen LogP contribution in [0.25, 0.3) is 0 Å². The van der Waals surface area contributed by atoms with Crippen LogP contribution < -0.4 is 5.43 Å². The minimum atomic E-state index is -1.24. The van der Waals surface area contributed by atoms with Crippen molar-refractivity contribution in [3.8, 4) is 0 Å². The molecule has 5 unspecified atom stereocenters. The zero-order valence-corrected chi connectivity index (χ0v) is 9.67. The number of amides is 1. The Bertz CT molecular complexity index is 502. The largest absolute Gasteiger partial charge is 0.394 e. The summed E-state index contributed by atoms with van der Waals surface area (Å²) >= 11 is 0. The van der Waals surface area contributed by atoms with Crippen molar-refractivity contribution >= 4 is 23.7 Å². The van der Waals surface area contributed by atoms with E-state index < -0.39 is 43.0 Å². The van der Waals surface area contributed by atoms with Gasteiger partial charge >= 0.3 is 0 Å². The van der Waals surface area contributed by atoms with E-state index in [1.54, 1.807) is 0 Å². The monoisotopic (exact) mass is 268 g/mol. The fourth-order valence-corrected chi connectivity index (χ4v) is 2.27. The number of ether oxygens (including phenoxy) is 1. The van der Waals surface area contributed by atoms with Crippen LogP contribution in [-0.2, 0) is 9.53 Å². The Hall–Kier alpha value is -1.68. The van der Waals surface area contributed by atoms with Crippen LogP contribution in [0.4, 0.5) is 0 Å². The number of carbonyl (C=O) groups excluding carboxylic acids is 1. The number of aliphatic imine (C=N–C) groups is 2. The molecular formula is C10H12N4O5. The SMILES string of the molecule is O=C1N=CN=C2C(C3OC(CO)C(O)C3O)=NNC12. The molecule has 0 saturated carbocycles. The van der Waals surface area contributed by atoms with Gasteiger partial charge in [-0.25, -0.2) is 4.99 Å². The van der Waals surface area contributed by atoms with E-state index in [2.05, 4.69) is 20.5 Å². The van der Waals surface area contributed by atoms with Gasteiger partial charge in [0.05, 0.1) is 6.61 Å². The lowest BCUT2D eigenvalue weighted by molar-refractivity contribution is -0.118. The molecule has 0 aromatic carbocycles. The molecule has 0 bridgehead atoms. The molecule has 0 aromatic rings. The molecule has 4 N–H and O–H groups in total. The first-order chi connectivity index (χ1) is 9.13. The first-order valence-corrected chi connectivity index (χ1v) is 5.73. The Balaban J connectivity index is 1.86. The highest BCUT2D eigenvalue weighted by Crippen LogP contribution is 2.25. The fourth-order valence-electron chi connectivity index (χ4n) is 2.27. The average molecular weight is 268 g/mol. The Morgan fingerprint density at radius 1 is 1.32 bits per heavy atom. The molecule has 1 saturated heterocycles. The quantitative estimate of drug-likeness (QED) is 0.416. The summed E-state index contributed by atoms with van der Waals surface area (Å²) in [5.41, 5.74) is 3.12. The minimum absolute atomic E-state index is 0.243.